The van der Waals surface area contributed by atoms with Gasteiger partial charge in [0.25, 0.3) is 5.91 Å². The van der Waals surface area contributed by atoms with Gasteiger partial charge in [-0.3, -0.25) is 9.59 Å². The lowest BCUT2D eigenvalue weighted by atomic mass is 9.87. The number of piperidine rings is 1. The van der Waals surface area contributed by atoms with Gasteiger partial charge >= 0.3 is 5.97 Å². The minimum Gasteiger partial charge on any atom is -0.481 e. The fraction of sp³-hybridized carbons (Fsp3) is 0.556. The smallest absolute Gasteiger partial charge is 0.306 e. The van der Waals surface area contributed by atoms with Gasteiger partial charge in [-0.15, -0.1) is 0 Å². The van der Waals surface area contributed by atoms with Crippen molar-refractivity contribution in [1.29, 1.82) is 0 Å². The van der Waals surface area contributed by atoms with E-state index in [0.717, 1.165) is 6.42 Å². The molecule has 0 saturated carbocycles. The molecule has 1 N–H and O–H groups in total. The molecule has 7 heteroatoms. The maximum atomic E-state index is 12.6. The lowest BCUT2D eigenvalue weighted by Crippen LogP contribution is -2.45. The Labute approximate surface area is 148 Å². The second-order valence-electron chi connectivity index (χ2n) is 6.66. The Bertz CT molecular complexity index is 726. The summed E-state index contributed by atoms with van der Waals surface area (Å²) >= 11 is 0. The van der Waals surface area contributed by atoms with Crippen LogP contribution in [-0.2, 0) is 14.6 Å². The number of rotatable bonds is 6. The maximum Gasteiger partial charge on any atom is 0.306 e. The number of sulfone groups is 1. The number of carboxylic acid groups (broad SMARTS) is 1. The molecule has 2 rings (SSSR count). The van der Waals surface area contributed by atoms with Crippen molar-refractivity contribution in [3.05, 3.63) is 29.8 Å². The van der Waals surface area contributed by atoms with Crippen LogP contribution < -0.4 is 0 Å². The van der Waals surface area contributed by atoms with E-state index in [0.29, 0.717) is 31.5 Å². The van der Waals surface area contributed by atoms with E-state index >= 15 is 0 Å². The van der Waals surface area contributed by atoms with E-state index in [2.05, 4.69) is 0 Å². The van der Waals surface area contributed by atoms with Gasteiger partial charge < -0.3 is 10.0 Å². The first-order valence-corrected chi connectivity index (χ1v) is 10.3. The number of amides is 1. The summed E-state index contributed by atoms with van der Waals surface area (Å²) in [5, 5.41) is 9.16. The summed E-state index contributed by atoms with van der Waals surface area (Å²) in [6, 6.07) is 6.03. The molecular formula is C18H25NO5S. The second kappa shape index (κ2) is 7.99. The van der Waals surface area contributed by atoms with Crippen LogP contribution in [0, 0.1) is 11.8 Å². The summed E-state index contributed by atoms with van der Waals surface area (Å²) in [6.45, 7) is 4.57. The molecule has 138 valence electrons. The summed E-state index contributed by atoms with van der Waals surface area (Å²) in [7, 11) is -3.31. The molecule has 0 bridgehead atoms. The van der Waals surface area contributed by atoms with Crippen LogP contribution in [0.4, 0.5) is 0 Å². The highest BCUT2D eigenvalue weighted by Gasteiger charge is 2.33. The summed E-state index contributed by atoms with van der Waals surface area (Å²) in [5.41, 5.74) is 0.426. The second-order valence-corrected chi connectivity index (χ2v) is 8.77. The average Bonchev–Trinajstić information content (AvgIpc) is 2.59. The molecule has 0 radical (unpaired) electrons. The molecule has 0 spiro atoms. The van der Waals surface area contributed by atoms with Crippen molar-refractivity contribution in [2.45, 2.75) is 38.0 Å². The predicted molar refractivity (Wildman–Crippen MR) is 94.2 cm³/mol. The molecule has 1 amide bonds. The number of carbonyl (C=O) groups is 2. The van der Waals surface area contributed by atoms with Crippen LogP contribution in [0.25, 0.3) is 0 Å². The Morgan fingerprint density at radius 3 is 2.40 bits per heavy atom. The molecule has 25 heavy (non-hydrogen) atoms. The van der Waals surface area contributed by atoms with E-state index in [-0.39, 0.29) is 22.5 Å². The Kier molecular flexibility index (Phi) is 6.21. The summed E-state index contributed by atoms with van der Waals surface area (Å²) in [6.07, 6.45) is 1.85. The van der Waals surface area contributed by atoms with Crippen molar-refractivity contribution in [3.63, 3.8) is 0 Å². The van der Waals surface area contributed by atoms with Crippen molar-refractivity contribution in [1.82, 2.24) is 4.90 Å². The number of benzene rings is 1. The van der Waals surface area contributed by atoms with Crippen LogP contribution in [-0.4, -0.2) is 49.1 Å². The largest absolute Gasteiger partial charge is 0.481 e. The quantitative estimate of drug-likeness (QED) is 0.834. The van der Waals surface area contributed by atoms with Gasteiger partial charge in [-0.1, -0.05) is 20.3 Å². The van der Waals surface area contributed by atoms with Crippen LogP contribution in [0.15, 0.2) is 29.2 Å². The molecule has 0 aromatic heterocycles. The van der Waals surface area contributed by atoms with E-state index in [1.54, 1.807) is 4.90 Å². The minimum absolute atomic E-state index is 0.108. The fourth-order valence-corrected chi connectivity index (χ4v) is 4.59. The highest BCUT2D eigenvalue weighted by atomic mass is 32.2. The van der Waals surface area contributed by atoms with E-state index in [1.807, 2.05) is 13.8 Å². The van der Waals surface area contributed by atoms with Crippen LogP contribution in [0.3, 0.4) is 0 Å². The Morgan fingerprint density at radius 1 is 1.24 bits per heavy atom. The first-order valence-electron chi connectivity index (χ1n) is 8.61. The van der Waals surface area contributed by atoms with Crippen LogP contribution in [0.5, 0.6) is 0 Å². The molecule has 6 nitrogen and oxygen atoms in total. The van der Waals surface area contributed by atoms with Gasteiger partial charge in [-0.2, -0.15) is 0 Å². The molecule has 1 aromatic rings. The molecule has 0 aliphatic carbocycles. The fourth-order valence-electron chi connectivity index (χ4n) is 3.14. The zero-order valence-electron chi connectivity index (χ0n) is 14.6. The Balaban J connectivity index is 2.07. The van der Waals surface area contributed by atoms with Crippen molar-refractivity contribution < 1.29 is 23.1 Å². The summed E-state index contributed by atoms with van der Waals surface area (Å²) in [4.78, 5) is 25.6. The van der Waals surface area contributed by atoms with Gasteiger partial charge in [0, 0.05) is 18.7 Å². The number of hydrogen-bond acceptors (Lipinski definition) is 4. The minimum atomic E-state index is -3.31. The number of aliphatic carboxylic acids is 1. The standard InChI is InChI=1S/C18H25NO5S/c1-3-4-11-25(23,24)15-7-5-14(6-8-15)17(20)19-10-9-16(18(21)22)13(2)12-19/h5-8,13,16H,3-4,9-12H2,1-2H3,(H,21,22). The van der Waals surface area contributed by atoms with E-state index in [9.17, 15) is 18.0 Å². The van der Waals surface area contributed by atoms with Crippen LogP contribution >= 0.6 is 0 Å². The molecule has 2 atom stereocenters. The molecule has 1 aliphatic heterocycles. The Morgan fingerprint density at radius 2 is 1.88 bits per heavy atom. The zero-order valence-corrected chi connectivity index (χ0v) is 15.5. The maximum absolute atomic E-state index is 12.6. The lowest BCUT2D eigenvalue weighted by Gasteiger charge is -2.35. The first-order chi connectivity index (χ1) is 11.8. The molecule has 1 aromatic carbocycles. The monoisotopic (exact) mass is 367 g/mol. The number of nitrogens with zero attached hydrogens (tertiary/aromatic N) is 1. The number of unbranched alkanes of at least 4 members (excludes halogenated alkanes) is 1. The van der Waals surface area contributed by atoms with Gasteiger partial charge in [0.05, 0.1) is 16.6 Å². The number of hydrogen-bond donors (Lipinski definition) is 1. The highest BCUT2D eigenvalue weighted by molar-refractivity contribution is 7.91. The van der Waals surface area contributed by atoms with Crippen molar-refractivity contribution in [2.75, 3.05) is 18.8 Å². The normalized spacial score (nSPS) is 21.1. The first kappa shape index (κ1) is 19.4. The van der Waals surface area contributed by atoms with E-state index in [4.69, 9.17) is 5.11 Å². The number of carboxylic acids is 1. The molecule has 1 heterocycles. The summed E-state index contributed by atoms with van der Waals surface area (Å²) < 4.78 is 24.3. The van der Waals surface area contributed by atoms with Gasteiger partial charge in [-0.25, -0.2) is 8.42 Å². The van der Waals surface area contributed by atoms with E-state index in [1.165, 1.54) is 24.3 Å². The third kappa shape index (κ3) is 4.60. The summed E-state index contributed by atoms with van der Waals surface area (Å²) in [5.74, 6) is -1.43. The average molecular weight is 367 g/mol. The van der Waals surface area contributed by atoms with Crippen molar-refractivity contribution in [3.8, 4) is 0 Å². The van der Waals surface area contributed by atoms with Crippen LogP contribution in [0.1, 0.15) is 43.5 Å². The highest BCUT2D eigenvalue weighted by Crippen LogP contribution is 2.25. The Hall–Kier alpha value is -1.89. The third-order valence-electron chi connectivity index (χ3n) is 4.74. The van der Waals surface area contributed by atoms with Gasteiger partial charge in [0.1, 0.15) is 0 Å². The molecular weight excluding hydrogens is 342 g/mol. The third-order valence-corrected chi connectivity index (χ3v) is 6.55. The number of likely N-dealkylation sites (tertiary alicyclic amines) is 1. The number of carbonyl (C=O) groups excluding carboxylic acids is 1. The topological polar surface area (TPSA) is 91.8 Å². The molecule has 1 aliphatic rings. The van der Waals surface area contributed by atoms with Gasteiger partial charge in [0.2, 0.25) is 0 Å². The SMILES string of the molecule is CCCCS(=O)(=O)c1ccc(C(=O)N2CCC(C(=O)O)C(C)C2)cc1. The molecule has 2 unspecified atom stereocenters. The predicted octanol–water partition coefficient (Wildman–Crippen LogP) is 2.44. The van der Waals surface area contributed by atoms with Crippen LogP contribution in [0.2, 0.25) is 0 Å². The van der Waals surface area contributed by atoms with E-state index < -0.39 is 21.7 Å². The van der Waals surface area contributed by atoms with Gasteiger partial charge in [0.15, 0.2) is 9.84 Å². The van der Waals surface area contributed by atoms with Crippen molar-refractivity contribution >= 4 is 21.7 Å². The lowest BCUT2D eigenvalue weighted by molar-refractivity contribution is -0.145. The molecule has 1 saturated heterocycles. The van der Waals surface area contributed by atoms with Crippen molar-refractivity contribution in [2.24, 2.45) is 11.8 Å². The zero-order chi connectivity index (χ0) is 18.6. The van der Waals surface area contributed by atoms with Gasteiger partial charge in [-0.05, 0) is 43.0 Å². The molecule has 1 fully saturated rings.